The molecule has 0 fully saturated rings. The van der Waals surface area contributed by atoms with Crippen molar-refractivity contribution in [3.8, 4) is 0 Å². The summed E-state index contributed by atoms with van der Waals surface area (Å²) in [5.74, 6) is 1.08. The monoisotopic (exact) mass is 349 g/mol. The molecule has 0 aliphatic heterocycles. The van der Waals surface area contributed by atoms with Gasteiger partial charge in [0.25, 0.3) is 11.3 Å². The maximum atomic E-state index is 11.9. The first-order chi connectivity index (χ1) is 11.5. The summed E-state index contributed by atoms with van der Waals surface area (Å²) < 4.78 is 2.78. The Hall–Kier alpha value is -2.76. The van der Waals surface area contributed by atoms with Gasteiger partial charge in [0.05, 0.1) is 6.42 Å². The van der Waals surface area contributed by atoms with Crippen molar-refractivity contribution < 1.29 is 4.79 Å². The summed E-state index contributed by atoms with van der Waals surface area (Å²) >= 11 is 1.44. The van der Waals surface area contributed by atoms with Crippen LogP contribution in [0.2, 0.25) is 0 Å². The quantitative estimate of drug-likeness (QED) is 0.414. The molecule has 11 nitrogen and oxygen atoms in total. The van der Waals surface area contributed by atoms with E-state index < -0.39 is 0 Å². The molecule has 0 saturated carbocycles. The lowest BCUT2D eigenvalue weighted by atomic mass is 10.4. The highest BCUT2D eigenvalue weighted by Crippen LogP contribution is 2.10. The Morgan fingerprint density at radius 2 is 2.25 bits per heavy atom. The molecule has 0 atom stereocenters. The van der Waals surface area contributed by atoms with Gasteiger partial charge in [-0.2, -0.15) is 9.50 Å². The van der Waals surface area contributed by atoms with E-state index in [4.69, 9.17) is 0 Å². The Morgan fingerprint density at radius 3 is 3.00 bits per heavy atom. The Bertz CT molecular complexity index is 928. The summed E-state index contributed by atoms with van der Waals surface area (Å²) in [7, 11) is 1.75. The summed E-state index contributed by atoms with van der Waals surface area (Å²) in [4.78, 5) is 32.0. The third kappa shape index (κ3) is 3.59. The number of amides is 1. The van der Waals surface area contributed by atoms with Gasteiger partial charge in [-0.3, -0.25) is 14.7 Å². The number of rotatable bonds is 6. The molecule has 126 valence electrons. The second-order valence-corrected chi connectivity index (χ2v) is 6.06. The number of carbonyl (C=O) groups excluding carboxylic acids is 1. The van der Waals surface area contributed by atoms with E-state index in [0.29, 0.717) is 29.0 Å². The van der Waals surface area contributed by atoms with E-state index in [1.807, 2.05) is 0 Å². The Morgan fingerprint density at radius 1 is 1.42 bits per heavy atom. The molecule has 12 heteroatoms. The molecule has 24 heavy (non-hydrogen) atoms. The number of hydrogen-bond acceptors (Lipinski definition) is 8. The first-order valence-electron chi connectivity index (χ1n) is 7.10. The molecule has 0 aromatic carbocycles. The fourth-order valence-electron chi connectivity index (χ4n) is 2.01. The van der Waals surface area contributed by atoms with Crippen LogP contribution in [0.15, 0.2) is 16.0 Å². The Kier molecular flexibility index (Phi) is 4.55. The van der Waals surface area contributed by atoms with Crippen molar-refractivity contribution in [3.63, 3.8) is 0 Å². The Balaban J connectivity index is 1.52. The van der Waals surface area contributed by atoms with Gasteiger partial charge in [-0.1, -0.05) is 11.8 Å². The maximum Gasteiger partial charge on any atom is 0.274 e. The summed E-state index contributed by atoms with van der Waals surface area (Å²) in [6.45, 7) is 2.18. The van der Waals surface area contributed by atoms with Crippen LogP contribution in [0, 0.1) is 6.92 Å². The lowest BCUT2D eigenvalue weighted by Crippen LogP contribution is -2.27. The van der Waals surface area contributed by atoms with Crippen molar-refractivity contribution in [1.82, 2.24) is 45.1 Å². The molecule has 3 heterocycles. The third-order valence-electron chi connectivity index (χ3n) is 3.07. The van der Waals surface area contributed by atoms with Crippen molar-refractivity contribution in [2.45, 2.75) is 18.5 Å². The highest BCUT2D eigenvalue weighted by atomic mass is 32.2. The second kappa shape index (κ2) is 6.78. The number of aromatic nitrogens is 8. The standard InChI is InChI=1S/C12H15N9O2S/c1-7-5-10(23)21-11(14-7)15-8(17-21)6-9(22)13-3-4-24-12-16-18-19-20(12)2/h5H,3-4,6H2,1-2H3,(H,13,22)(H,14,15,17). The van der Waals surface area contributed by atoms with Gasteiger partial charge in [-0.05, 0) is 17.4 Å². The summed E-state index contributed by atoms with van der Waals surface area (Å²) in [6.07, 6.45) is 0.0397. The molecule has 1 amide bonds. The van der Waals surface area contributed by atoms with Crippen LogP contribution in [0.3, 0.4) is 0 Å². The van der Waals surface area contributed by atoms with Crippen molar-refractivity contribution in [2.75, 3.05) is 12.3 Å². The van der Waals surface area contributed by atoms with Crippen LogP contribution in [0.1, 0.15) is 11.5 Å². The SMILES string of the molecule is Cc1cc(=O)n2[nH]c(CC(=O)NCCSc3nnnn3C)nc2n1. The van der Waals surface area contributed by atoms with Crippen molar-refractivity contribution in [2.24, 2.45) is 7.05 Å². The zero-order chi connectivity index (χ0) is 17.1. The molecule has 3 aromatic rings. The first-order valence-corrected chi connectivity index (χ1v) is 8.08. The molecule has 0 saturated heterocycles. The largest absolute Gasteiger partial charge is 0.355 e. The minimum Gasteiger partial charge on any atom is -0.355 e. The molecule has 0 bridgehead atoms. The van der Waals surface area contributed by atoms with Gasteiger partial charge in [0.15, 0.2) is 0 Å². The predicted molar refractivity (Wildman–Crippen MR) is 84.6 cm³/mol. The molecular formula is C12H15N9O2S. The highest BCUT2D eigenvalue weighted by Gasteiger charge is 2.10. The average molecular weight is 349 g/mol. The normalized spacial score (nSPS) is 11.1. The molecule has 3 rings (SSSR count). The number of tetrazole rings is 1. The summed E-state index contributed by atoms with van der Waals surface area (Å²) in [5.41, 5.74) is 0.322. The zero-order valence-corrected chi connectivity index (χ0v) is 13.9. The number of fused-ring (bicyclic) bond motifs is 1. The molecule has 0 unspecified atom stereocenters. The molecule has 3 aromatic heterocycles. The Labute approximate surface area is 139 Å². The van der Waals surface area contributed by atoms with E-state index in [2.05, 4.69) is 35.9 Å². The van der Waals surface area contributed by atoms with E-state index in [9.17, 15) is 9.59 Å². The zero-order valence-electron chi connectivity index (χ0n) is 13.1. The molecule has 0 aliphatic rings. The summed E-state index contributed by atoms with van der Waals surface area (Å²) in [5, 5.41) is 17.3. The lowest BCUT2D eigenvalue weighted by Gasteiger charge is -2.02. The molecule has 0 aliphatic carbocycles. The maximum absolute atomic E-state index is 11.9. The van der Waals surface area contributed by atoms with Crippen molar-refractivity contribution in [3.05, 3.63) is 27.9 Å². The van der Waals surface area contributed by atoms with E-state index in [1.165, 1.54) is 22.3 Å². The summed E-state index contributed by atoms with van der Waals surface area (Å²) in [6, 6.07) is 1.40. The molecule has 2 N–H and O–H groups in total. The first kappa shape index (κ1) is 16.1. The number of H-pyrrole nitrogens is 1. The van der Waals surface area contributed by atoms with Crippen molar-refractivity contribution in [1.29, 1.82) is 0 Å². The molecule has 0 spiro atoms. The van der Waals surface area contributed by atoms with E-state index in [1.54, 1.807) is 18.7 Å². The number of aryl methyl sites for hydroxylation is 2. The third-order valence-corrected chi connectivity index (χ3v) is 4.08. The number of carbonyl (C=O) groups is 1. The van der Waals surface area contributed by atoms with Crippen LogP contribution in [-0.2, 0) is 18.3 Å². The second-order valence-electron chi connectivity index (χ2n) is 5.00. The minimum atomic E-state index is -0.259. The fraction of sp³-hybridized carbons (Fsp3) is 0.417. The van der Waals surface area contributed by atoms with Gasteiger partial charge in [0, 0.05) is 31.1 Å². The van der Waals surface area contributed by atoms with E-state index in [0.717, 1.165) is 0 Å². The van der Waals surface area contributed by atoms with Gasteiger partial charge in [-0.15, -0.1) is 5.10 Å². The number of nitrogens with one attached hydrogen (secondary N) is 2. The van der Waals surface area contributed by atoms with Crippen LogP contribution in [0.25, 0.3) is 5.78 Å². The van der Waals surface area contributed by atoms with E-state index >= 15 is 0 Å². The van der Waals surface area contributed by atoms with Crippen LogP contribution in [-0.4, -0.2) is 58.0 Å². The average Bonchev–Trinajstić information content (AvgIpc) is 3.10. The van der Waals surface area contributed by atoms with Crippen LogP contribution in [0.4, 0.5) is 0 Å². The highest BCUT2D eigenvalue weighted by molar-refractivity contribution is 7.99. The van der Waals surface area contributed by atoms with Crippen LogP contribution >= 0.6 is 11.8 Å². The lowest BCUT2D eigenvalue weighted by molar-refractivity contribution is -0.120. The van der Waals surface area contributed by atoms with Gasteiger partial charge in [-0.25, -0.2) is 9.67 Å². The predicted octanol–water partition coefficient (Wildman–Crippen LogP) is -1.30. The molecular weight excluding hydrogens is 334 g/mol. The van der Waals surface area contributed by atoms with Crippen LogP contribution in [0.5, 0.6) is 0 Å². The topological polar surface area (TPSA) is 136 Å². The number of thioether (sulfide) groups is 1. The van der Waals surface area contributed by atoms with Gasteiger partial charge >= 0.3 is 0 Å². The fourth-order valence-corrected chi connectivity index (χ4v) is 2.71. The smallest absolute Gasteiger partial charge is 0.274 e. The van der Waals surface area contributed by atoms with Gasteiger partial charge < -0.3 is 5.32 Å². The minimum absolute atomic E-state index is 0.0397. The van der Waals surface area contributed by atoms with Crippen LogP contribution < -0.4 is 10.9 Å². The van der Waals surface area contributed by atoms with Gasteiger partial charge in [0.2, 0.25) is 11.1 Å². The van der Waals surface area contributed by atoms with Gasteiger partial charge in [0.1, 0.15) is 5.82 Å². The van der Waals surface area contributed by atoms with E-state index in [-0.39, 0.29) is 23.7 Å². The number of nitrogens with zero attached hydrogens (tertiary/aromatic N) is 7. The number of aromatic amines is 1. The van der Waals surface area contributed by atoms with Crippen molar-refractivity contribution >= 4 is 23.4 Å². The molecule has 0 radical (unpaired) electrons. The number of hydrogen-bond donors (Lipinski definition) is 2.